The molecule has 0 radical (unpaired) electrons. The molecule has 0 aliphatic carbocycles. The van der Waals surface area contributed by atoms with Gasteiger partial charge in [-0.2, -0.15) is 5.26 Å². The number of benzene rings is 1. The van der Waals surface area contributed by atoms with E-state index in [-0.39, 0.29) is 23.4 Å². The van der Waals surface area contributed by atoms with Crippen molar-refractivity contribution in [2.24, 2.45) is 0 Å². The van der Waals surface area contributed by atoms with E-state index < -0.39 is 16.7 Å². The Morgan fingerprint density at radius 3 is 2.67 bits per heavy atom. The fraction of sp³-hybridized carbons (Fsp3) is 0.227. The molecule has 0 saturated carbocycles. The Morgan fingerprint density at radius 2 is 2.00 bits per heavy atom. The van der Waals surface area contributed by atoms with Crippen LogP contribution >= 0.6 is 0 Å². The molecule has 3 rings (SSSR count). The first-order valence-corrected chi connectivity index (χ1v) is 9.41. The molecule has 8 nitrogen and oxygen atoms in total. The maximum Gasteiger partial charge on any atom is 0.271 e. The molecule has 2 amide bonds. The SMILES string of the molecule is CCCCN1C(=O)C(C#N)=C(C)/C(=C/c2ccc(-c3cccc([N+](=O)[O-])c3)o2)C1=O. The Kier molecular flexibility index (Phi) is 5.93. The first-order chi connectivity index (χ1) is 14.4. The van der Waals surface area contributed by atoms with Crippen LogP contribution in [0.4, 0.5) is 5.69 Å². The van der Waals surface area contributed by atoms with E-state index in [0.717, 1.165) is 11.3 Å². The van der Waals surface area contributed by atoms with Crippen molar-refractivity contribution in [2.45, 2.75) is 26.7 Å². The maximum atomic E-state index is 12.9. The average molecular weight is 405 g/mol. The summed E-state index contributed by atoms with van der Waals surface area (Å²) in [7, 11) is 0. The van der Waals surface area contributed by atoms with Gasteiger partial charge < -0.3 is 4.42 Å². The lowest BCUT2D eigenvalue weighted by molar-refractivity contribution is -0.384. The van der Waals surface area contributed by atoms with Crippen molar-refractivity contribution in [1.82, 2.24) is 4.90 Å². The number of unbranched alkanes of at least 4 members (excludes halogenated alkanes) is 1. The molecule has 2 aromatic rings. The van der Waals surface area contributed by atoms with Gasteiger partial charge in [0.05, 0.1) is 4.92 Å². The van der Waals surface area contributed by atoms with Gasteiger partial charge in [-0.25, -0.2) is 0 Å². The van der Waals surface area contributed by atoms with Crippen molar-refractivity contribution < 1.29 is 18.9 Å². The fourth-order valence-electron chi connectivity index (χ4n) is 3.15. The molecule has 8 heteroatoms. The number of carbonyl (C=O) groups is 2. The Morgan fingerprint density at radius 1 is 1.23 bits per heavy atom. The van der Waals surface area contributed by atoms with Gasteiger partial charge in [0.15, 0.2) is 0 Å². The van der Waals surface area contributed by atoms with Gasteiger partial charge in [-0.3, -0.25) is 24.6 Å². The minimum atomic E-state index is -0.581. The van der Waals surface area contributed by atoms with E-state index in [1.54, 1.807) is 31.2 Å². The van der Waals surface area contributed by atoms with Crippen molar-refractivity contribution in [3.8, 4) is 17.4 Å². The number of furan rings is 1. The quantitative estimate of drug-likeness (QED) is 0.307. The van der Waals surface area contributed by atoms with Crippen LogP contribution in [0.1, 0.15) is 32.4 Å². The highest BCUT2D eigenvalue weighted by molar-refractivity contribution is 6.19. The topological polar surface area (TPSA) is 117 Å². The third-order valence-corrected chi connectivity index (χ3v) is 4.82. The van der Waals surface area contributed by atoms with Crippen molar-refractivity contribution in [2.75, 3.05) is 6.54 Å². The standard InChI is InChI=1S/C22H19N3O5/c1-3-4-10-24-21(26)18(14(2)19(13-23)22(24)27)12-17-8-9-20(30-17)15-6-5-7-16(11-15)25(28)29/h5-9,11-12H,3-4,10H2,1-2H3/b18-12-. The lowest BCUT2D eigenvalue weighted by atomic mass is 9.94. The molecular formula is C22H19N3O5. The zero-order valence-electron chi connectivity index (χ0n) is 16.5. The third kappa shape index (κ3) is 3.91. The van der Waals surface area contributed by atoms with Crippen LogP contribution in [0.15, 0.2) is 57.5 Å². The lowest BCUT2D eigenvalue weighted by Crippen LogP contribution is -2.43. The van der Waals surface area contributed by atoms with E-state index in [1.807, 2.05) is 13.0 Å². The molecule has 0 bridgehead atoms. The highest BCUT2D eigenvalue weighted by atomic mass is 16.6. The Hall–Kier alpha value is -3.99. The number of non-ortho nitro benzene ring substituents is 1. The zero-order valence-corrected chi connectivity index (χ0v) is 16.5. The van der Waals surface area contributed by atoms with E-state index >= 15 is 0 Å². The number of imide groups is 1. The lowest BCUT2D eigenvalue weighted by Gasteiger charge is -2.27. The van der Waals surface area contributed by atoms with Gasteiger partial charge >= 0.3 is 0 Å². The summed E-state index contributed by atoms with van der Waals surface area (Å²) in [5.74, 6) is -0.322. The van der Waals surface area contributed by atoms with Crippen LogP contribution in [0.3, 0.4) is 0 Å². The summed E-state index contributed by atoms with van der Waals surface area (Å²) < 4.78 is 5.76. The summed E-state index contributed by atoms with van der Waals surface area (Å²) in [6.07, 6.45) is 2.92. The second-order valence-corrected chi connectivity index (χ2v) is 6.79. The van der Waals surface area contributed by atoms with Crippen LogP contribution in [0.2, 0.25) is 0 Å². The van der Waals surface area contributed by atoms with E-state index in [0.29, 0.717) is 29.1 Å². The maximum absolute atomic E-state index is 12.9. The zero-order chi connectivity index (χ0) is 21.8. The van der Waals surface area contributed by atoms with Crippen molar-refractivity contribution >= 4 is 23.6 Å². The van der Waals surface area contributed by atoms with Crippen LogP contribution in [0.25, 0.3) is 17.4 Å². The summed E-state index contributed by atoms with van der Waals surface area (Å²) >= 11 is 0. The van der Waals surface area contributed by atoms with E-state index in [1.165, 1.54) is 18.2 Å². The van der Waals surface area contributed by atoms with Gasteiger partial charge in [0.25, 0.3) is 17.5 Å². The molecule has 30 heavy (non-hydrogen) atoms. The molecule has 0 unspecified atom stereocenters. The smallest absolute Gasteiger partial charge is 0.271 e. The van der Waals surface area contributed by atoms with Crippen molar-refractivity contribution in [3.05, 3.63) is 69.0 Å². The van der Waals surface area contributed by atoms with E-state index in [2.05, 4.69) is 0 Å². The first kappa shape index (κ1) is 20.7. The monoisotopic (exact) mass is 405 g/mol. The molecule has 0 fully saturated rings. The second kappa shape index (κ2) is 8.57. The number of nitriles is 1. The average Bonchev–Trinajstić information content (AvgIpc) is 3.20. The van der Waals surface area contributed by atoms with Crippen molar-refractivity contribution in [3.63, 3.8) is 0 Å². The number of hydrogen-bond acceptors (Lipinski definition) is 6. The number of carbonyl (C=O) groups excluding carboxylic acids is 2. The molecule has 2 heterocycles. The second-order valence-electron chi connectivity index (χ2n) is 6.79. The molecule has 1 aromatic heterocycles. The molecular weight excluding hydrogens is 386 g/mol. The van der Waals surface area contributed by atoms with E-state index in [4.69, 9.17) is 4.42 Å². The molecule has 1 aliphatic heterocycles. The highest BCUT2D eigenvalue weighted by Gasteiger charge is 2.35. The minimum Gasteiger partial charge on any atom is -0.457 e. The molecule has 152 valence electrons. The van der Waals surface area contributed by atoms with Gasteiger partial charge in [0.1, 0.15) is 23.2 Å². The van der Waals surface area contributed by atoms with Crippen LogP contribution in [0, 0.1) is 21.4 Å². The number of hydrogen-bond donors (Lipinski definition) is 0. The number of rotatable bonds is 6. The highest BCUT2D eigenvalue weighted by Crippen LogP contribution is 2.30. The van der Waals surface area contributed by atoms with Gasteiger partial charge in [0.2, 0.25) is 0 Å². The van der Waals surface area contributed by atoms with Crippen LogP contribution in [-0.2, 0) is 9.59 Å². The van der Waals surface area contributed by atoms with Gasteiger partial charge in [-0.05, 0) is 37.1 Å². The third-order valence-electron chi connectivity index (χ3n) is 4.82. The van der Waals surface area contributed by atoms with Gasteiger partial charge in [0, 0.05) is 29.8 Å². The van der Waals surface area contributed by atoms with E-state index in [9.17, 15) is 25.0 Å². The number of nitrogens with zero attached hydrogens (tertiary/aromatic N) is 3. The van der Waals surface area contributed by atoms with Crippen LogP contribution < -0.4 is 0 Å². The van der Waals surface area contributed by atoms with Gasteiger partial charge in [-0.1, -0.05) is 25.5 Å². The summed E-state index contributed by atoms with van der Waals surface area (Å²) in [6, 6.07) is 11.2. The largest absolute Gasteiger partial charge is 0.457 e. The first-order valence-electron chi connectivity index (χ1n) is 9.41. The molecule has 0 saturated heterocycles. The Bertz CT molecular complexity index is 1130. The fourth-order valence-corrected chi connectivity index (χ4v) is 3.15. The van der Waals surface area contributed by atoms with Gasteiger partial charge in [-0.15, -0.1) is 0 Å². The normalized spacial score (nSPS) is 15.6. The summed E-state index contributed by atoms with van der Waals surface area (Å²) in [4.78, 5) is 36.9. The summed E-state index contributed by atoms with van der Waals surface area (Å²) in [5, 5.41) is 20.4. The Labute approximate surface area is 172 Å². The summed E-state index contributed by atoms with van der Waals surface area (Å²) in [6.45, 7) is 3.74. The molecule has 0 spiro atoms. The minimum absolute atomic E-state index is 0.0613. The molecule has 1 aliphatic rings. The Balaban J connectivity index is 2.00. The number of amides is 2. The van der Waals surface area contributed by atoms with Crippen LogP contribution in [0.5, 0.6) is 0 Å². The molecule has 0 N–H and O–H groups in total. The number of nitro benzene ring substituents is 1. The summed E-state index contributed by atoms with van der Waals surface area (Å²) in [5.41, 5.74) is 0.903. The molecule has 1 aromatic carbocycles. The van der Waals surface area contributed by atoms with Crippen LogP contribution in [-0.4, -0.2) is 28.2 Å². The van der Waals surface area contributed by atoms with Crippen molar-refractivity contribution in [1.29, 1.82) is 5.26 Å². The predicted molar refractivity (Wildman–Crippen MR) is 109 cm³/mol. The molecule has 0 atom stereocenters. The number of nitro groups is 1. The predicted octanol–water partition coefficient (Wildman–Crippen LogP) is 4.25.